The molecule has 23 heavy (non-hydrogen) atoms. The number of hydrogen-bond donors (Lipinski definition) is 1. The summed E-state index contributed by atoms with van der Waals surface area (Å²) in [5.74, 6) is 1.32. The highest BCUT2D eigenvalue weighted by Crippen LogP contribution is 2.23. The molecule has 0 aromatic heterocycles. The number of nitrogen functional groups attached to an aromatic ring is 1. The van der Waals surface area contributed by atoms with Gasteiger partial charge in [0.25, 0.3) is 0 Å². The molecular weight excluding hydrogens is 326 g/mol. The van der Waals surface area contributed by atoms with Crippen LogP contribution in [0.25, 0.3) is 0 Å². The molecule has 2 aromatic carbocycles. The first-order valence-electron chi connectivity index (χ1n) is 7.88. The van der Waals surface area contributed by atoms with Crippen molar-refractivity contribution in [2.75, 3.05) is 11.5 Å². The van der Waals surface area contributed by atoms with Gasteiger partial charge in [-0.15, -0.1) is 11.8 Å². The van der Waals surface area contributed by atoms with Crippen molar-refractivity contribution in [3.05, 3.63) is 59.1 Å². The van der Waals surface area contributed by atoms with Gasteiger partial charge in [0, 0.05) is 28.4 Å². The second kappa shape index (κ2) is 9.64. The van der Waals surface area contributed by atoms with Gasteiger partial charge in [0.2, 0.25) is 0 Å². The van der Waals surface area contributed by atoms with Crippen LogP contribution < -0.4 is 5.73 Å². The van der Waals surface area contributed by atoms with Crippen molar-refractivity contribution in [2.45, 2.75) is 37.0 Å². The second-order valence-corrected chi connectivity index (χ2v) is 7.14. The number of anilines is 1. The predicted octanol–water partition coefficient (Wildman–Crippen LogP) is 5.39. The Morgan fingerprint density at radius 2 is 1.87 bits per heavy atom. The number of para-hydroxylation sites is 1. The first-order valence-corrected chi connectivity index (χ1v) is 9.25. The third-order valence-corrected chi connectivity index (χ3v) is 4.92. The standard InChI is InChI=1S/C19H22ClNOS/c20-16-8-6-10-18(14-16)23-12-5-1-2-9-17(22)13-15-7-3-4-11-19(15)21/h3-4,6-8,10-11,14H,1-2,5,9,12-13,21H2. The molecule has 0 heterocycles. The third kappa shape index (κ3) is 6.67. The van der Waals surface area contributed by atoms with E-state index in [0.717, 1.165) is 35.6 Å². The van der Waals surface area contributed by atoms with Gasteiger partial charge in [-0.05, 0) is 48.4 Å². The quantitative estimate of drug-likeness (QED) is 0.376. The molecular formula is C19H22ClNOS. The number of nitrogens with two attached hydrogens (primary N) is 1. The number of ketones is 1. The molecule has 0 bridgehead atoms. The number of benzene rings is 2. The Balaban J connectivity index is 1.58. The lowest BCUT2D eigenvalue weighted by Crippen LogP contribution is -2.05. The van der Waals surface area contributed by atoms with Crippen LogP contribution in [0.4, 0.5) is 5.69 Å². The van der Waals surface area contributed by atoms with E-state index in [1.54, 1.807) is 0 Å². The lowest BCUT2D eigenvalue weighted by Gasteiger charge is -2.05. The Labute approximate surface area is 147 Å². The summed E-state index contributed by atoms with van der Waals surface area (Å²) in [5, 5.41) is 0.779. The van der Waals surface area contributed by atoms with Crippen molar-refractivity contribution in [3.63, 3.8) is 0 Å². The molecule has 2 nitrogen and oxygen atoms in total. The fraction of sp³-hybridized carbons (Fsp3) is 0.316. The minimum Gasteiger partial charge on any atom is -0.398 e. The highest BCUT2D eigenvalue weighted by atomic mass is 35.5. The van der Waals surface area contributed by atoms with E-state index >= 15 is 0 Å². The van der Waals surface area contributed by atoms with Crippen molar-refractivity contribution in [3.8, 4) is 0 Å². The molecule has 0 amide bonds. The zero-order chi connectivity index (χ0) is 16.5. The van der Waals surface area contributed by atoms with Gasteiger partial charge in [0.1, 0.15) is 5.78 Å². The molecule has 2 N–H and O–H groups in total. The SMILES string of the molecule is Nc1ccccc1CC(=O)CCCCCSc1cccc(Cl)c1. The molecule has 0 spiro atoms. The molecule has 2 aromatic rings. The molecule has 0 fully saturated rings. The lowest BCUT2D eigenvalue weighted by atomic mass is 10.0. The van der Waals surface area contributed by atoms with Crippen molar-refractivity contribution < 1.29 is 4.79 Å². The first-order chi connectivity index (χ1) is 11.1. The van der Waals surface area contributed by atoms with Crippen molar-refractivity contribution in [2.24, 2.45) is 0 Å². The summed E-state index contributed by atoms with van der Waals surface area (Å²) >= 11 is 7.77. The molecule has 0 atom stereocenters. The minimum absolute atomic E-state index is 0.269. The maximum Gasteiger partial charge on any atom is 0.137 e. The van der Waals surface area contributed by atoms with Gasteiger partial charge < -0.3 is 5.73 Å². The Bertz CT molecular complexity index is 645. The summed E-state index contributed by atoms with van der Waals surface area (Å²) in [7, 11) is 0. The van der Waals surface area contributed by atoms with Crippen LogP contribution in [-0.2, 0) is 11.2 Å². The maximum absolute atomic E-state index is 12.0. The highest BCUT2D eigenvalue weighted by molar-refractivity contribution is 7.99. The van der Waals surface area contributed by atoms with Crippen molar-refractivity contribution >= 4 is 34.8 Å². The van der Waals surface area contributed by atoms with Crippen molar-refractivity contribution in [1.29, 1.82) is 0 Å². The van der Waals surface area contributed by atoms with Crippen LogP contribution in [0.2, 0.25) is 5.02 Å². The zero-order valence-corrected chi connectivity index (χ0v) is 14.7. The number of carbonyl (C=O) groups is 1. The Kier molecular flexibility index (Phi) is 7.50. The largest absolute Gasteiger partial charge is 0.398 e. The molecule has 122 valence electrons. The molecule has 4 heteroatoms. The van der Waals surface area contributed by atoms with E-state index in [0.29, 0.717) is 18.5 Å². The number of rotatable bonds is 9. The normalized spacial score (nSPS) is 10.7. The molecule has 0 aliphatic rings. The van der Waals surface area contributed by atoms with Gasteiger partial charge in [-0.2, -0.15) is 0 Å². The van der Waals surface area contributed by atoms with Crippen LogP contribution in [-0.4, -0.2) is 11.5 Å². The fourth-order valence-electron chi connectivity index (χ4n) is 2.34. The van der Waals surface area contributed by atoms with E-state index < -0.39 is 0 Å². The summed E-state index contributed by atoms with van der Waals surface area (Å²) in [4.78, 5) is 13.2. The average Bonchev–Trinajstić information content (AvgIpc) is 2.53. The van der Waals surface area contributed by atoms with Gasteiger partial charge in [0.05, 0.1) is 0 Å². The molecule has 2 rings (SSSR count). The van der Waals surface area contributed by atoms with Gasteiger partial charge in [-0.25, -0.2) is 0 Å². The van der Waals surface area contributed by atoms with Crippen LogP contribution in [0.15, 0.2) is 53.4 Å². The highest BCUT2D eigenvalue weighted by Gasteiger charge is 2.06. The zero-order valence-electron chi connectivity index (χ0n) is 13.1. The lowest BCUT2D eigenvalue weighted by molar-refractivity contribution is -0.118. The first kappa shape index (κ1) is 17.9. The molecule has 0 aliphatic heterocycles. The predicted molar refractivity (Wildman–Crippen MR) is 100 cm³/mol. The summed E-state index contributed by atoms with van der Waals surface area (Å²) in [6, 6.07) is 15.5. The van der Waals surface area contributed by atoms with Gasteiger partial charge in [0.15, 0.2) is 0 Å². The number of carbonyl (C=O) groups excluding carboxylic acids is 1. The van der Waals surface area contributed by atoms with E-state index in [-0.39, 0.29) is 5.78 Å². The van der Waals surface area contributed by atoms with Crippen molar-refractivity contribution in [1.82, 2.24) is 0 Å². The Morgan fingerprint density at radius 3 is 2.65 bits per heavy atom. The van der Waals surface area contributed by atoms with E-state index in [1.807, 2.05) is 54.2 Å². The summed E-state index contributed by atoms with van der Waals surface area (Å²) in [6.07, 6.45) is 4.21. The van der Waals surface area contributed by atoms with E-state index in [1.165, 1.54) is 4.90 Å². The molecule has 0 radical (unpaired) electrons. The molecule has 0 aliphatic carbocycles. The Morgan fingerprint density at radius 1 is 1.04 bits per heavy atom. The van der Waals surface area contributed by atoms with Crippen LogP contribution in [0.5, 0.6) is 0 Å². The molecule has 0 saturated heterocycles. The van der Waals surface area contributed by atoms with Gasteiger partial charge >= 0.3 is 0 Å². The van der Waals surface area contributed by atoms with Crippen LogP contribution in [0.1, 0.15) is 31.2 Å². The number of hydrogen-bond acceptors (Lipinski definition) is 3. The fourth-order valence-corrected chi connectivity index (χ4v) is 3.57. The summed E-state index contributed by atoms with van der Waals surface area (Å²) in [5.41, 5.74) is 7.51. The number of halogens is 1. The summed E-state index contributed by atoms with van der Waals surface area (Å²) < 4.78 is 0. The number of Topliss-reactive ketones (excluding diaryl/α,β-unsaturated/α-hetero) is 1. The third-order valence-electron chi connectivity index (χ3n) is 3.61. The smallest absolute Gasteiger partial charge is 0.137 e. The number of thioether (sulfide) groups is 1. The number of unbranched alkanes of at least 4 members (excludes halogenated alkanes) is 2. The van der Waals surface area contributed by atoms with E-state index in [2.05, 4.69) is 6.07 Å². The Hall–Kier alpha value is -1.45. The van der Waals surface area contributed by atoms with E-state index in [4.69, 9.17) is 17.3 Å². The van der Waals surface area contributed by atoms with Crippen LogP contribution >= 0.6 is 23.4 Å². The van der Waals surface area contributed by atoms with Gasteiger partial charge in [-0.1, -0.05) is 42.3 Å². The van der Waals surface area contributed by atoms with Crippen LogP contribution in [0.3, 0.4) is 0 Å². The average molecular weight is 348 g/mol. The van der Waals surface area contributed by atoms with E-state index in [9.17, 15) is 4.79 Å². The van der Waals surface area contributed by atoms with Gasteiger partial charge in [-0.3, -0.25) is 4.79 Å². The monoisotopic (exact) mass is 347 g/mol. The molecule has 0 saturated carbocycles. The van der Waals surface area contributed by atoms with Crippen LogP contribution in [0, 0.1) is 0 Å². The topological polar surface area (TPSA) is 43.1 Å². The maximum atomic E-state index is 12.0. The second-order valence-electron chi connectivity index (χ2n) is 5.53. The minimum atomic E-state index is 0.269. The summed E-state index contributed by atoms with van der Waals surface area (Å²) in [6.45, 7) is 0. The molecule has 0 unspecified atom stereocenters.